The van der Waals surface area contributed by atoms with Crippen LogP contribution in [0.2, 0.25) is 10.0 Å². The van der Waals surface area contributed by atoms with Crippen LogP contribution < -0.4 is 18.1 Å². The van der Waals surface area contributed by atoms with Crippen LogP contribution in [-0.2, 0) is 5.75 Å². The molecular weight excluding hydrogens is 365 g/mol. The molecule has 0 spiro atoms. The summed E-state index contributed by atoms with van der Waals surface area (Å²) in [6, 6.07) is 5.47. The first-order chi connectivity index (χ1) is 10.0. The zero-order chi connectivity index (χ0) is 15.4. The van der Waals surface area contributed by atoms with E-state index in [9.17, 15) is 0 Å². The Morgan fingerprint density at radius 2 is 1.91 bits per heavy atom. The average molecular weight is 383 g/mol. The summed E-state index contributed by atoms with van der Waals surface area (Å²) >= 11 is 13.7. The van der Waals surface area contributed by atoms with Crippen LogP contribution in [0.25, 0.3) is 0 Å². The van der Waals surface area contributed by atoms with E-state index in [2.05, 4.69) is 29.8 Å². The van der Waals surface area contributed by atoms with E-state index in [1.54, 1.807) is 0 Å². The molecule has 122 valence electrons. The highest BCUT2D eigenvalue weighted by atomic mass is 35.5. The number of benzene rings is 1. The Balaban J connectivity index is 0.00000242. The van der Waals surface area contributed by atoms with Crippen LogP contribution in [0.15, 0.2) is 27.8 Å². The Labute approximate surface area is 150 Å². The molecule has 3 N–H and O–H groups in total. The molecule has 0 aliphatic carbocycles. The van der Waals surface area contributed by atoms with Crippen LogP contribution in [0.1, 0.15) is 37.8 Å². The largest absolute Gasteiger partial charge is 1.00 e. The molecule has 0 amide bonds. The predicted molar refractivity (Wildman–Crippen MR) is 85.4 cm³/mol. The Hall–Kier alpha value is -0.460. The molecule has 0 saturated heterocycles. The number of thioether (sulfide) groups is 1. The van der Waals surface area contributed by atoms with Crippen molar-refractivity contribution in [3.05, 3.63) is 39.7 Å². The number of nitrogens with zero attached hydrogens (tertiary/aromatic N) is 2. The molecule has 0 bridgehead atoms. The predicted octanol–water partition coefficient (Wildman–Crippen LogP) is 1.00. The third-order valence-corrected chi connectivity index (χ3v) is 5.02. The minimum atomic E-state index is 0. The lowest BCUT2D eigenvalue weighted by Crippen LogP contribution is -3.00. The molecule has 2 atom stereocenters. The number of hydrogen-bond donors (Lipinski definition) is 1. The van der Waals surface area contributed by atoms with Crippen LogP contribution in [0.4, 0.5) is 0 Å². The highest BCUT2D eigenvalue weighted by Crippen LogP contribution is 2.31. The number of halogens is 3. The third-order valence-electron chi connectivity index (χ3n) is 3.47. The van der Waals surface area contributed by atoms with Crippen molar-refractivity contribution in [3.63, 3.8) is 0 Å². The summed E-state index contributed by atoms with van der Waals surface area (Å²) in [6.45, 7) is 4.24. The van der Waals surface area contributed by atoms with Gasteiger partial charge in [-0.1, -0.05) is 54.9 Å². The second-order valence-electron chi connectivity index (χ2n) is 4.89. The molecule has 1 heterocycles. The van der Waals surface area contributed by atoms with Crippen molar-refractivity contribution >= 4 is 35.0 Å². The first-order valence-corrected chi connectivity index (χ1v) is 8.49. The second-order valence-corrected chi connectivity index (χ2v) is 6.63. The Morgan fingerprint density at radius 3 is 2.50 bits per heavy atom. The molecule has 0 aliphatic rings. The molecule has 0 aliphatic heterocycles. The van der Waals surface area contributed by atoms with E-state index in [1.807, 2.05) is 18.2 Å². The van der Waals surface area contributed by atoms with Crippen LogP contribution in [0.3, 0.4) is 0 Å². The van der Waals surface area contributed by atoms with Crippen molar-refractivity contribution < 1.29 is 22.6 Å². The highest BCUT2D eigenvalue weighted by Gasteiger charge is 2.23. The van der Waals surface area contributed by atoms with Crippen molar-refractivity contribution in [1.29, 1.82) is 0 Å². The fraction of sp³-hybridized carbons (Fsp3) is 0.429. The first kappa shape index (κ1) is 19.6. The lowest BCUT2D eigenvalue weighted by Gasteiger charge is -2.09. The van der Waals surface area contributed by atoms with Gasteiger partial charge in [-0.15, -0.1) is 10.2 Å². The Bertz CT molecular complexity index is 589. The van der Waals surface area contributed by atoms with Gasteiger partial charge in [-0.05, 0) is 24.1 Å². The summed E-state index contributed by atoms with van der Waals surface area (Å²) in [6.07, 6.45) is 1.02. The Kier molecular flexibility index (Phi) is 8.00. The molecule has 2 aromatic rings. The van der Waals surface area contributed by atoms with E-state index in [-0.39, 0.29) is 18.4 Å². The third kappa shape index (κ3) is 4.77. The zero-order valence-electron chi connectivity index (χ0n) is 12.4. The van der Waals surface area contributed by atoms with Crippen molar-refractivity contribution in [2.24, 2.45) is 5.92 Å². The summed E-state index contributed by atoms with van der Waals surface area (Å²) in [7, 11) is 0. The number of quaternary nitrogens is 1. The number of rotatable bonds is 6. The lowest BCUT2D eigenvalue weighted by molar-refractivity contribution is -0.444. The van der Waals surface area contributed by atoms with Crippen LogP contribution in [-0.4, -0.2) is 10.2 Å². The second kappa shape index (κ2) is 8.99. The SMILES string of the molecule is CCC(C)[C@H]([NH3+])c1nnc(SCc2c(Cl)cccc2Cl)o1.[Cl-]. The van der Waals surface area contributed by atoms with E-state index in [0.29, 0.717) is 32.8 Å². The van der Waals surface area contributed by atoms with Crippen LogP contribution in [0.5, 0.6) is 0 Å². The van der Waals surface area contributed by atoms with Gasteiger partial charge < -0.3 is 22.6 Å². The van der Waals surface area contributed by atoms with Crippen molar-refractivity contribution in [2.75, 3.05) is 0 Å². The fourth-order valence-electron chi connectivity index (χ4n) is 1.76. The molecule has 8 heteroatoms. The van der Waals surface area contributed by atoms with Gasteiger partial charge in [0.05, 0.1) is 0 Å². The molecule has 1 aromatic heterocycles. The van der Waals surface area contributed by atoms with E-state index in [1.165, 1.54) is 11.8 Å². The normalized spacial score (nSPS) is 13.5. The van der Waals surface area contributed by atoms with Gasteiger partial charge in [-0.25, -0.2) is 0 Å². The molecule has 0 saturated carbocycles. The summed E-state index contributed by atoms with van der Waals surface area (Å²) in [4.78, 5) is 0. The molecule has 22 heavy (non-hydrogen) atoms. The van der Waals surface area contributed by atoms with Gasteiger partial charge in [-0.3, -0.25) is 0 Å². The zero-order valence-corrected chi connectivity index (χ0v) is 15.4. The van der Waals surface area contributed by atoms with Crippen LogP contribution >= 0.6 is 35.0 Å². The molecular formula is C14H18Cl3N3OS. The van der Waals surface area contributed by atoms with Crippen molar-refractivity contribution in [3.8, 4) is 0 Å². The maximum atomic E-state index is 6.14. The summed E-state index contributed by atoms with van der Waals surface area (Å²) < 4.78 is 5.66. The van der Waals surface area contributed by atoms with Gasteiger partial charge in [0.2, 0.25) is 0 Å². The van der Waals surface area contributed by atoms with Crippen molar-refractivity contribution in [2.45, 2.75) is 37.3 Å². The van der Waals surface area contributed by atoms with Gasteiger partial charge in [0.15, 0.2) is 6.04 Å². The van der Waals surface area contributed by atoms with Gasteiger partial charge in [0.25, 0.3) is 11.1 Å². The standard InChI is InChI=1S/C14H17Cl2N3OS.ClH/c1-3-8(2)12(17)13-18-19-14(20-13)21-7-9-10(15)5-4-6-11(9)16;/h4-6,8,12H,3,7,17H2,1-2H3;1H/t8?,12-;/m0./s1. The first-order valence-electron chi connectivity index (χ1n) is 6.75. The molecule has 2 rings (SSSR count). The summed E-state index contributed by atoms with van der Waals surface area (Å²) in [5, 5.41) is 9.92. The van der Waals surface area contributed by atoms with Gasteiger partial charge >= 0.3 is 0 Å². The maximum absolute atomic E-state index is 6.14. The van der Waals surface area contributed by atoms with Gasteiger partial charge in [0, 0.05) is 21.7 Å². The van der Waals surface area contributed by atoms with Gasteiger partial charge in [-0.2, -0.15) is 0 Å². The molecule has 0 radical (unpaired) electrons. The lowest BCUT2D eigenvalue weighted by atomic mass is 10.0. The average Bonchev–Trinajstić information content (AvgIpc) is 2.94. The number of aromatic nitrogens is 2. The molecule has 0 fully saturated rings. The number of hydrogen-bond acceptors (Lipinski definition) is 4. The fourth-order valence-corrected chi connectivity index (χ4v) is 3.27. The van der Waals surface area contributed by atoms with Gasteiger partial charge in [0.1, 0.15) is 0 Å². The topological polar surface area (TPSA) is 66.6 Å². The minimum absolute atomic E-state index is 0. The van der Waals surface area contributed by atoms with E-state index in [0.717, 1.165) is 12.0 Å². The van der Waals surface area contributed by atoms with E-state index in [4.69, 9.17) is 27.6 Å². The van der Waals surface area contributed by atoms with E-state index < -0.39 is 0 Å². The van der Waals surface area contributed by atoms with Crippen molar-refractivity contribution in [1.82, 2.24) is 10.2 Å². The molecule has 1 aromatic carbocycles. The molecule has 1 unspecified atom stereocenters. The Morgan fingerprint density at radius 1 is 1.27 bits per heavy atom. The van der Waals surface area contributed by atoms with E-state index >= 15 is 0 Å². The highest BCUT2D eigenvalue weighted by molar-refractivity contribution is 7.98. The summed E-state index contributed by atoms with van der Waals surface area (Å²) in [5.41, 5.74) is 4.96. The minimum Gasteiger partial charge on any atom is -1.00 e. The maximum Gasteiger partial charge on any atom is 0.277 e. The van der Waals surface area contributed by atoms with Crippen LogP contribution in [0, 0.1) is 5.92 Å². The molecule has 4 nitrogen and oxygen atoms in total. The summed E-state index contributed by atoms with van der Waals surface area (Å²) in [5.74, 6) is 1.57. The monoisotopic (exact) mass is 381 g/mol. The quantitative estimate of drug-likeness (QED) is 0.757. The smallest absolute Gasteiger partial charge is 0.277 e.